The summed E-state index contributed by atoms with van der Waals surface area (Å²) in [6, 6.07) is 11.8. The number of aromatic amines is 1. The van der Waals surface area contributed by atoms with E-state index in [0.717, 1.165) is 36.2 Å². The van der Waals surface area contributed by atoms with Crippen LogP contribution in [-0.2, 0) is 13.1 Å². The minimum absolute atomic E-state index is 0.0942. The molecular formula is C23H30N4O2S2. The van der Waals surface area contributed by atoms with Gasteiger partial charge < -0.3 is 24.8 Å². The number of benzene rings is 1. The summed E-state index contributed by atoms with van der Waals surface area (Å²) < 4.78 is 5.61. The van der Waals surface area contributed by atoms with Crippen LogP contribution in [0, 0.1) is 0 Å². The highest BCUT2D eigenvalue weighted by atomic mass is 32.1. The number of nitrogens with one attached hydrogen (secondary N) is 2. The number of pyridine rings is 1. The first-order valence-electron chi connectivity index (χ1n) is 10.4. The molecule has 0 saturated heterocycles. The van der Waals surface area contributed by atoms with Crippen LogP contribution in [0.1, 0.15) is 23.8 Å². The van der Waals surface area contributed by atoms with Crippen LogP contribution in [0.15, 0.2) is 46.6 Å². The lowest BCUT2D eigenvalue weighted by molar-refractivity contribution is 0.340. The van der Waals surface area contributed by atoms with Gasteiger partial charge in [0.2, 0.25) is 0 Å². The molecule has 2 N–H and O–H groups in total. The van der Waals surface area contributed by atoms with Crippen LogP contribution in [0.25, 0.3) is 10.9 Å². The molecule has 2 heterocycles. The quantitative estimate of drug-likeness (QED) is 0.356. The van der Waals surface area contributed by atoms with Crippen molar-refractivity contribution in [2.24, 2.45) is 0 Å². The molecule has 0 bridgehead atoms. The molecule has 31 heavy (non-hydrogen) atoms. The number of ether oxygens (including phenoxy) is 1. The summed E-state index contributed by atoms with van der Waals surface area (Å²) in [5.74, 6) is 0.793. The van der Waals surface area contributed by atoms with Crippen LogP contribution >= 0.6 is 23.6 Å². The van der Waals surface area contributed by atoms with Crippen molar-refractivity contribution in [2.45, 2.75) is 26.4 Å². The minimum atomic E-state index is -0.0942. The van der Waals surface area contributed by atoms with Crippen molar-refractivity contribution in [3.63, 3.8) is 0 Å². The van der Waals surface area contributed by atoms with Crippen LogP contribution in [0.3, 0.4) is 0 Å². The van der Waals surface area contributed by atoms with Crippen LogP contribution in [0.2, 0.25) is 0 Å². The number of rotatable bonds is 10. The third kappa shape index (κ3) is 6.78. The predicted molar refractivity (Wildman–Crippen MR) is 133 cm³/mol. The highest BCUT2D eigenvalue weighted by molar-refractivity contribution is 7.80. The fraction of sp³-hybridized carbons (Fsp3) is 0.391. The summed E-state index contributed by atoms with van der Waals surface area (Å²) in [6.07, 6.45) is 0.997. The van der Waals surface area contributed by atoms with Crippen molar-refractivity contribution in [3.05, 3.63) is 62.6 Å². The second-order valence-electron chi connectivity index (χ2n) is 7.63. The average Bonchev–Trinajstić information content (AvgIpc) is 3.24. The maximum absolute atomic E-state index is 12.8. The average molecular weight is 459 g/mol. The summed E-state index contributed by atoms with van der Waals surface area (Å²) in [5.41, 5.74) is 1.38. The lowest BCUT2D eigenvalue weighted by Gasteiger charge is -2.25. The molecule has 0 radical (unpaired) electrons. The third-order valence-corrected chi connectivity index (χ3v) is 6.10. The fourth-order valence-corrected chi connectivity index (χ4v) is 4.25. The maximum atomic E-state index is 12.8. The largest absolute Gasteiger partial charge is 0.494 e. The van der Waals surface area contributed by atoms with E-state index in [1.54, 1.807) is 11.3 Å². The number of fused-ring (bicyclic) bond motifs is 1. The number of aromatic nitrogens is 1. The van der Waals surface area contributed by atoms with Crippen LogP contribution in [-0.4, -0.2) is 53.7 Å². The first-order valence-corrected chi connectivity index (χ1v) is 11.7. The Labute approximate surface area is 192 Å². The molecule has 0 aliphatic carbocycles. The van der Waals surface area contributed by atoms with Crippen LogP contribution in [0.5, 0.6) is 5.75 Å². The summed E-state index contributed by atoms with van der Waals surface area (Å²) in [7, 11) is 4.12. The highest BCUT2D eigenvalue weighted by Crippen LogP contribution is 2.20. The van der Waals surface area contributed by atoms with E-state index in [1.807, 2.05) is 37.3 Å². The number of thiocarbonyl (C=S) groups is 1. The normalized spacial score (nSPS) is 11.1. The Morgan fingerprint density at radius 3 is 2.77 bits per heavy atom. The summed E-state index contributed by atoms with van der Waals surface area (Å²) in [5, 5.41) is 7.02. The SMILES string of the molecule is CCOc1ccc2[nH]c(=O)c(CN(Cc3cccs3)C(=S)NCCCN(C)C)cc2c1. The standard InChI is InChI=1S/C23H30N4O2S2/c1-4-29-19-8-9-21-17(14-19)13-18(22(28)25-21)15-27(16-20-7-5-12-31-20)23(30)24-10-6-11-26(2)3/h5,7-9,12-14H,4,6,10-11,15-16H2,1-3H3,(H,24,30)(H,25,28). The van der Waals surface area contributed by atoms with Gasteiger partial charge in [-0.05, 0) is 81.9 Å². The van der Waals surface area contributed by atoms with E-state index < -0.39 is 0 Å². The van der Waals surface area contributed by atoms with Gasteiger partial charge in [-0.2, -0.15) is 0 Å². The highest BCUT2D eigenvalue weighted by Gasteiger charge is 2.15. The Kier molecular flexibility index (Phi) is 8.45. The zero-order valence-corrected chi connectivity index (χ0v) is 19.9. The molecule has 0 unspecified atom stereocenters. The van der Waals surface area contributed by atoms with E-state index in [4.69, 9.17) is 17.0 Å². The number of hydrogen-bond acceptors (Lipinski definition) is 5. The van der Waals surface area contributed by atoms with Crippen LogP contribution in [0.4, 0.5) is 0 Å². The van der Waals surface area contributed by atoms with E-state index in [1.165, 1.54) is 4.88 Å². The first-order chi connectivity index (χ1) is 15.0. The Hall–Kier alpha value is -2.42. The fourth-order valence-electron chi connectivity index (χ4n) is 3.30. The second-order valence-corrected chi connectivity index (χ2v) is 9.05. The molecule has 0 saturated carbocycles. The molecule has 6 nitrogen and oxygen atoms in total. The van der Waals surface area contributed by atoms with Crippen molar-refractivity contribution >= 4 is 39.6 Å². The zero-order chi connectivity index (χ0) is 22.2. The number of thiophene rings is 1. The van der Waals surface area contributed by atoms with Gasteiger partial charge in [-0.15, -0.1) is 11.3 Å². The van der Waals surface area contributed by atoms with Gasteiger partial charge >= 0.3 is 0 Å². The minimum Gasteiger partial charge on any atom is -0.494 e. The predicted octanol–water partition coefficient (Wildman–Crippen LogP) is 3.82. The topological polar surface area (TPSA) is 60.6 Å². The van der Waals surface area contributed by atoms with Crippen LogP contribution < -0.4 is 15.6 Å². The van der Waals surface area contributed by atoms with Gasteiger partial charge in [-0.25, -0.2) is 0 Å². The zero-order valence-electron chi connectivity index (χ0n) is 18.3. The molecule has 1 aromatic carbocycles. The maximum Gasteiger partial charge on any atom is 0.253 e. The van der Waals surface area contributed by atoms with Gasteiger partial charge in [-0.1, -0.05) is 6.07 Å². The lowest BCUT2D eigenvalue weighted by atomic mass is 10.1. The van der Waals surface area contributed by atoms with E-state index in [9.17, 15) is 4.79 Å². The molecule has 0 aliphatic heterocycles. The Balaban J connectivity index is 1.80. The van der Waals surface area contributed by atoms with E-state index in [-0.39, 0.29) is 5.56 Å². The second kappa shape index (κ2) is 11.3. The van der Waals surface area contributed by atoms with Gasteiger partial charge in [0.25, 0.3) is 5.56 Å². The molecule has 3 rings (SSSR count). The smallest absolute Gasteiger partial charge is 0.253 e. The van der Waals surface area contributed by atoms with Crippen molar-refractivity contribution in [1.29, 1.82) is 0 Å². The van der Waals surface area contributed by atoms with Gasteiger partial charge in [0, 0.05) is 27.9 Å². The molecule has 0 aliphatic rings. The lowest BCUT2D eigenvalue weighted by Crippen LogP contribution is -2.40. The summed E-state index contributed by atoms with van der Waals surface area (Å²) in [4.78, 5) is 21.2. The molecule has 0 spiro atoms. The van der Waals surface area contributed by atoms with Gasteiger partial charge in [0.1, 0.15) is 5.75 Å². The van der Waals surface area contributed by atoms with Crippen molar-refractivity contribution in [2.75, 3.05) is 33.8 Å². The molecule has 3 aromatic rings. The number of hydrogen-bond donors (Lipinski definition) is 2. The molecule has 0 fully saturated rings. The molecule has 8 heteroatoms. The summed E-state index contributed by atoms with van der Waals surface area (Å²) in [6.45, 7) is 5.44. The first kappa shape index (κ1) is 23.2. The molecular weight excluding hydrogens is 428 g/mol. The Morgan fingerprint density at radius 2 is 2.06 bits per heavy atom. The van der Waals surface area contributed by atoms with Gasteiger partial charge in [-0.3, -0.25) is 4.79 Å². The Morgan fingerprint density at radius 1 is 1.23 bits per heavy atom. The van der Waals surface area contributed by atoms with Gasteiger partial charge in [0.15, 0.2) is 5.11 Å². The van der Waals surface area contributed by atoms with Crippen molar-refractivity contribution in [3.8, 4) is 5.75 Å². The molecule has 2 aromatic heterocycles. The van der Waals surface area contributed by atoms with Crippen molar-refractivity contribution in [1.82, 2.24) is 20.1 Å². The molecule has 0 amide bonds. The Bertz CT molecular complexity index is 1050. The number of H-pyrrole nitrogens is 1. The van der Waals surface area contributed by atoms with Gasteiger partial charge in [0.05, 0.1) is 19.7 Å². The third-order valence-electron chi connectivity index (χ3n) is 4.84. The number of nitrogens with zero attached hydrogens (tertiary/aromatic N) is 2. The van der Waals surface area contributed by atoms with E-state index in [0.29, 0.717) is 30.4 Å². The van der Waals surface area contributed by atoms with E-state index >= 15 is 0 Å². The molecule has 166 valence electrons. The van der Waals surface area contributed by atoms with E-state index in [2.05, 4.69) is 45.6 Å². The monoisotopic (exact) mass is 458 g/mol. The molecule has 0 atom stereocenters. The summed E-state index contributed by atoms with van der Waals surface area (Å²) >= 11 is 7.38. The van der Waals surface area contributed by atoms with Crippen molar-refractivity contribution < 1.29 is 4.74 Å².